The first kappa shape index (κ1) is 14.9. The van der Waals surface area contributed by atoms with E-state index >= 15 is 0 Å². The first-order chi connectivity index (χ1) is 7.97. The van der Waals surface area contributed by atoms with Gasteiger partial charge in [0.05, 0.1) is 0 Å². The standard InChI is InChI=1S/C11H15NO5/c1-2-3-4-5-9(13)12-8(11(16)17)6-7-10(14)15/h2-5,8H,6-7H2,1H3,(H,12,13)(H,14,15)(H,16,17)/b3-2+,5-4+. The minimum absolute atomic E-state index is 0.145. The molecule has 0 aliphatic carbocycles. The SMILES string of the molecule is C/C=C/C=C/C(=O)NC(CCC(=O)O)C(=O)O. The smallest absolute Gasteiger partial charge is 0.326 e. The number of hydrogen-bond donors (Lipinski definition) is 3. The quantitative estimate of drug-likeness (QED) is 0.446. The van der Waals surface area contributed by atoms with Gasteiger partial charge in [-0.15, -0.1) is 0 Å². The lowest BCUT2D eigenvalue weighted by Crippen LogP contribution is -2.40. The van der Waals surface area contributed by atoms with Crippen LogP contribution in [0, 0.1) is 0 Å². The molecule has 0 heterocycles. The molecule has 6 nitrogen and oxygen atoms in total. The van der Waals surface area contributed by atoms with Crippen LogP contribution in [-0.2, 0) is 14.4 Å². The Hall–Kier alpha value is -2.11. The molecule has 17 heavy (non-hydrogen) atoms. The molecule has 1 atom stereocenters. The van der Waals surface area contributed by atoms with E-state index in [1.54, 1.807) is 19.1 Å². The molecule has 0 radical (unpaired) electrons. The Kier molecular flexibility index (Phi) is 7.09. The molecule has 0 aliphatic rings. The van der Waals surface area contributed by atoms with E-state index in [9.17, 15) is 14.4 Å². The zero-order valence-corrected chi connectivity index (χ0v) is 9.42. The summed E-state index contributed by atoms with van der Waals surface area (Å²) in [5.41, 5.74) is 0. The monoisotopic (exact) mass is 241 g/mol. The number of carbonyl (C=O) groups excluding carboxylic acids is 1. The maximum Gasteiger partial charge on any atom is 0.326 e. The average Bonchev–Trinajstić information content (AvgIpc) is 2.23. The largest absolute Gasteiger partial charge is 0.481 e. The van der Waals surface area contributed by atoms with E-state index in [2.05, 4.69) is 5.32 Å². The first-order valence-electron chi connectivity index (χ1n) is 5.01. The van der Waals surface area contributed by atoms with Gasteiger partial charge in [-0.2, -0.15) is 0 Å². The summed E-state index contributed by atoms with van der Waals surface area (Å²) in [5.74, 6) is -2.92. The van der Waals surface area contributed by atoms with Crippen LogP contribution in [0.1, 0.15) is 19.8 Å². The zero-order valence-electron chi connectivity index (χ0n) is 9.42. The summed E-state index contributed by atoms with van der Waals surface area (Å²) in [6.07, 6.45) is 5.52. The van der Waals surface area contributed by atoms with Gasteiger partial charge in [0, 0.05) is 12.5 Å². The highest BCUT2D eigenvalue weighted by molar-refractivity contribution is 5.91. The Bertz CT molecular complexity index is 346. The molecule has 0 aliphatic heterocycles. The second-order valence-corrected chi connectivity index (χ2v) is 3.22. The van der Waals surface area contributed by atoms with E-state index in [1.807, 2.05) is 0 Å². The van der Waals surface area contributed by atoms with Crippen LogP contribution >= 0.6 is 0 Å². The number of aliphatic carboxylic acids is 2. The second-order valence-electron chi connectivity index (χ2n) is 3.22. The third-order valence-corrected chi connectivity index (χ3v) is 1.81. The molecule has 0 aromatic carbocycles. The summed E-state index contributed by atoms with van der Waals surface area (Å²) in [7, 11) is 0. The summed E-state index contributed by atoms with van der Waals surface area (Å²) in [4.78, 5) is 32.3. The lowest BCUT2D eigenvalue weighted by molar-refractivity contribution is -0.142. The number of rotatable bonds is 7. The van der Waals surface area contributed by atoms with Crippen LogP contribution in [0.25, 0.3) is 0 Å². The number of allylic oxidation sites excluding steroid dienone is 3. The number of hydrogen-bond acceptors (Lipinski definition) is 3. The van der Waals surface area contributed by atoms with Crippen LogP contribution in [0.4, 0.5) is 0 Å². The van der Waals surface area contributed by atoms with E-state index in [1.165, 1.54) is 12.2 Å². The third kappa shape index (κ3) is 7.78. The summed E-state index contributed by atoms with van der Waals surface area (Å²) >= 11 is 0. The number of carboxylic acids is 2. The molecule has 3 N–H and O–H groups in total. The van der Waals surface area contributed by atoms with Crippen LogP contribution in [0.2, 0.25) is 0 Å². The molecular formula is C11H15NO5. The molecule has 0 aromatic heterocycles. The van der Waals surface area contributed by atoms with Crippen molar-refractivity contribution in [3.8, 4) is 0 Å². The fourth-order valence-corrected chi connectivity index (χ4v) is 0.999. The Labute approximate surface area is 98.6 Å². The van der Waals surface area contributed by atoms with E-state index in [0.717, 1.165) is 0 Å². The third-order valence-electron chi connectivity index (χ3n) is 1.81. The molecule has 1 amide bonds. The summed E-state index contributed by atoms with van der Waals surface area (Å²) in [5, 5.41) is 19.4. The Morgan fingerprint density at radius 1 is 1.24 bits per heavy atom. The Morgan fingerprint density at radius 3 is 2.35 bits per heavy atom. The molecule has 94 valence electrons. The van der Waals surface area contributed by atoms with E-state index in [4.69, 9.17) is 10.2 Å². The molecule has 0 saturated carbocycles. The van der Waals surface area contributed by atoms with Gasteiger partial charge < -0.3 is 15.5 Å². The minimum atomic E-state index is -1.25. The minimum Gasteiger partial charge on any atom is -0.481 e. The predicted octanol–water partition coefficient (Wildman–Crippen LogP) is 0.553. The number of nitrogens with one attached hydrogen (secondary N) is 1. The van der Waals surface area contributed by atoms with E-state index in [0.29, 0.717) is 0 Å². The molecule has 0 saturated heterocycles. The molecule has 1 unspecified atom stereocenters. The normalized spacial score (nSPS) is 12.8. The van der Waals surface area contributed by atoms with Crippen LogP contribution in [0.3, 0.4) is 0 Å². The van der Waals surface area contributed by atoms with Crippen molar-refractivity contribution >= 4 is 17.8 Å². The van der Waals surface area contributed by atoms with Crippen LogP contribution < -0.4 is 5.32 Å². The van der Waals surface area contributed by atoms with Crippen molar-refractivity contribution in [3.05, 3.63) is 24.3 Å². The van der Waals surface area contributed by atoms with Gasteiger partial charge in [-0.1, -0.05) is 18.2 Å². The van der Waals surface area contributed by atoms with Gasteiger partial charge in [-0.05, 0) is 13.3 Å². The summed E-state index contributed by atoms with van der Waals surface area (Å²) in [6, 6.07) is -1.19. The van der Waals surface area contributed by atoms with Crippen molar-refractivity contribution in [1.82, 2.24) is 5.32 Å². The molecule has 0 rings (SSSR count). The molecule has 0 aromatic rings. The predicted molar refractivity (Wildman–Crippen MR) is 60.4 cm³/mol. The maximum absolute atomic E-state index is 11.2. The van der Waals surface area contributed by atoms with Gasteiger partial charge in [0.2, 0.25) is 5.91 Å². The highest BCUT2D eigenvalue weighted by Gasteiger charge is 2.19. The van der Waals surface area contributed by atoms with Crippen LogP contribution in [0.5, 0.6) is 0 Å². The van der Waals surface area contributed by atoms with Crippen molar-refractivity contribution in [2.45, 2.75) is 25.8 Å². The fourth-order valence-electron chi connectivity index (χ4n) is 0.999. The Balaban J connectivity index is 4.29. The fraction of sp³-hybridized carbons (Fsp3) is 0.364. The lowest BCUT2D eigenvalue weighted by Gasteiger charge is -2.11. The molecule has 6 heteroatoms. The zero-order chi connectivity index (χ0) is 13.3. The summed E-state index contributed by atoms with van der Waals surface area (Å²) < 4.78 is 0. The summed E-state index contributed by atoms with van der Waals surface area (Å²) in [6.45, 7) is 1.77. The highest BCUT2D eigenvalue weighted by atomic mass is 16.4. The van der Waals surface area contributed by atoms with Crippen LogP contribution in [-0.4, -0.2) is 34.1 Å². The van der Waals surface area contributed by atoms with Crippen molar-refractivity contribution in [1.29, 1.82) is 0 Å². The van der Waals surface area contributed by atoms with Gasteiger partial charge in [0.25, 0.3) is 0 Å². The average molecular weight is 241 g/mol. The molecule has 0 bridgehead atoms. The number of amides is 1. The van der Waals surface area contributed by atoms with Gasteiger partial charge in [-0.3, -0.25) is 9.59 Å². The second kappa shape index (κ2) is 8.09. The van der Waals surface area contributed by atoms with Crippen molar-refractivity contribution in [3.63, 3.8) is 0 Å². The molecular weight excluding hydrogens is 226 g/mol. The molecule has 0 fully saturated rings. The lowest BCUT2D eigenvalue weighted by atomic mass is 10.1. The number of carbonyl (C=O) groups is 3. The van der Waals surface area contributed by atoms with Gasteiger partial charge in [0.15, 0.2) is 0 Å². The van der Waals surface area contributed by atoms with Crippen molar-refractivity contribution < 1.29 is 24.6 Å². The van der Waals surface area contributed by atoms with E-state index in [-0.39, 0.29) is 12.8 Å². The first-order valence-corrected chi connectivity index (χ1v) is 5.01. The van der Waals surface area contributed by atoms with Gasteiger partial charge in [-0.25, -0.2) is 4.79 Å². The molecule has 0 spiro atoms. The maximum atomic E-state index is 11.2. The van der Waals surface area contributed by atoms with Gasteiger partial charge in [0.1, 0.15) is 6.04 Å². The Morgan fingerprint density at radius 2 is 1.88 bits per heavy atom. The van der Waals surface area contributed by atoms with Crippen molar-refractivity contribution in [2.75, 3.05) is 0 Å². The van der Waals surface area contributed by atoms with Crippen LogP contribution in [0.15, 0.2) is 24.3 Å². The number of carboxylic acid groups (broad SMARTS) is 2. The topological polar surface area (TPSA) is 104 Å². The highest BCUT2D eigenvalue weighted by Crippen LogP contribution is 1.98. The van der Waals surface area contributed by atoms with Gasteiger partial charge >= 0.3 is 11.9 Å². The van der Waals surface area contributed by atoms with Crippen molar-refractivity contribution in [2.24, 2.45) is 0 Å². The van der Waals surface area contributed by atoms with E-state index < -0.39 is 23.9 Å².